The normalized spacial score (nSPS) is 10.5. The predicted octanol–water partition coefficient (Wildman–Crippen LogP) is 1.68. The van der Waals surface area contributed by atoms with Gasteiger partial charge < -0.3 is 14.5 Å². The van der Waals surface area contributed by atoms with Gasteiger partial charge in [-0.3, -0.25) is 4.79 Å². The number of aromatic nitrogens is 2. The molecule has 0 saturated carbocycles. The minimum absolute atomic E-state index is 0.152. The van der Waals surface area contributed by atoms with Gasteiger partial charge in [0.05, 0.1) is 31.0 Å². The summed E-state index contributed by atoms with van der Waals surface area (Å²) < 4.78 is 10.3. The molecule has 0 saturated heterocycles. The Morgan fingerprint density at radius 3 is 2.53 bits per heavy atom. The Morgan fingerprint density at radius 1 is 1.29 bits per heavy atom. The Labute approximate surface area is 102 Å². The molecule has 0 radical (unpaired) electrons. The Hall–Kier alpha value is -1.75. The summed E-state index contributed by atoms with van der Waals surface area (Å²) in [5.41, 5.74) is 0.286. The quantitative estimate of drug-likeness (QED) is 0.847. The van der Waals surface area contributed by atoms with E-state index in [2.05, 4.69) is 9.97 Å². The molecule has 90 valence electrons. The topological polar surface area (TPSA) is 64.2 Å². The van der Waals surface area contributed by atoms with Gasteiger partial charge in [-0.2, -0.15) is 0 Å². The van der Waals surface area contributed by atoms with Crippen molar-refractivity contribution in [3.05, 3.63) is 28.3 Å². The molecular formula is C11H11ClN2O3. The SMILES string of the molecule is COc1cc2nc(CCl)[nH]c(=O)c2cc1OC. The lowest BCUT2D eigenvalue weighted by atomic mass is 10.2. The predicted molar refractivity (Wildman–Crippen MR) is 65.0 cm³/mol. The molecule has 0 unspecified atom stereocenters. The first-order valence-electron chi connectivity index (χ1n) is 4.90. The molecule has 0 spiro atoms. The summed E-state index contributed by atoms with van der Waals surface area (Å²) in [6.07, 6.45) is 0. The Balaban J connectivity index is 2.78. The molecule has 0 fully saturated rings. The summed E-state index contributed by atoms with van der Waals surface area (Å²) in [6.45, 7) is 0. The summed E-state index contributed by atoms with van der Waals surface area (Å²) in [7, 11) is 3.04. The zero-order valence-electron chi connectivity index (χ0n) is 9.41. The van der Waals surface area contributed by atoms with Gasteiger partial charge in [-0.1, -0.05) is 0 Å². The summed E-state index contributed by atoms with van der Waals surface area (Å²) >= 11 is 5.64. The number of methoxy groups -OCH3 is 2. The van der Waals surface area contributed by atoms with Crippen molar-refractivity contribution in [2.24, 2.45) is 0 Å². The molecule has 1 N–H and O–H groups in total. The number of fused-ring (bicyclic) bond motifs is 1. The second-order valence-electron chi connectivity index (χ2n) is 3.37. The number of aromatic amines is 1. The maximum Gasteiger partial charge on any atom is 0.258 e. The van der Waals surface area contributed by atoms with Crippen LogP contribution in [-0.2, 0) is 5.88 Å². The number of nitrogens with zero attached hydrogens (tertiary/aromatic N) is 1. The molecule has 0 amide bonds. The molecule has 1 heterocycles. The number of nitrogens with one attached hydrogen (secondary N) is 1. The summed E-state index contributed by atoms with van der Waals surface area (Å²) in [6, 6.07) is 3.25. The van der Waals surface area contributed by atoms with Gasteiger partial charge in [-0.15, -0.1) is 11.6 Å². The van der Waals surface area contributed by atoms with Crippen LogP contribution >= 0.6 is 11.6 Å². The highest BCUT2D eigenvalue weighted by atomic mass is 35.5. The molecule has 0 aliphatic rings. The van der Waals surface area contributed by atoms with Gasteiger partial charge in [0.25, 0.3) is 5.56 Å². The van der Waals surface area contributed by atoms with Crippen LogP contribution in [0.3, 0.4) is 0 Å². The van der Waals surface area contributed by atoms with Crippen molar-refractivity contribution in [1.82, 2.24) is 9.97 Å². The van der Waals surface area contributed by atoms with Gasteiger partial charge in [-0.25, -0.2) is 4.98 Å². The Bertz CT molecular complexity index is 609. The minimum atomic E-state index is -0.244. The van der Waals surface area contributed by atoms with Gasteiger partial charge in [0.2, 0.25) is 0 Å². The Kier molecular flexibility index (Phi) is 3.19. The number of H-pyrrole nitrogens is 1. The first-order chi connectivity index (χ1) is 8.19. The fraction of sp³-hybridized carbons (Fsp3) is 0.273. The van der Waals surface area contributed by atoms with Gasteiger partial charge in [-0.05, 0) is 6.07 Å². The van der Waals surface area contributed by atoms with Crippen molar-refractivity contribution in [2.75, 3.05) is 14.2 Å². The third-order valence-corrected chi connectivity index (χ3v) is 2.64. The molecule has 1 aromatic carbocycles. The maximum atomic E-state index is 11.8. The summed E-state index contributed by atoms with van der Waals surface area (Å²) in [5, 5.41) is 0.441. The van der Waals surface area contributed by atoms with E-state index in [9.17, 15) is 4.79 Å². The average Bonchev–Trinajstić information content (AvgIpc) is 2.36. The molecule has 17 heavy (non-hydrogen) atoms. The van der Waals surface area contributed by atoms with E-state index in [0.29, 0.717) is 28.2 Å². The van der Waals surface area contributed by atoms with E-state index in [0.717, 1.165) is 0 Å². The number of benzene rings is 1. The molecule has 0 aliphatic carbocycles. The highest BCUT2D eigenvalue weighted by Gasteiger charge is 2.10. The smallest absolute Gasteiger partial charge is 0.258 e. The maximum absolute atomic E-state index is 11.8. The number of ether oxygens (including phenoxy) is 2. The van der Waals surface area contributed by atoms with Gasteiger partial charge in [0.1, 0.15) is 5.82 Å². The molecule has 0 atom stereocenters. The number of halogens is 1. The fourth-order valence-corrected chi connectivity index (χ4v) is 1.70. The zero-order valence-corrected chi connectivity index (χ0v) is 10.2. The van der Waals surface area contributed by atoms with E-state index in [-0.39, 0.29) is 11.4 Å². The van der Waals surface area contributed by atoms with Crippen LogP contribution in [0.1, 0.15) is 5.82 Å². The minimum Gasteiger partial charge on any atom is -0.493 e. The van der Waals surface area contributed by atoms with Crippen LogP contribution in [0.2, 0.25) is 0 Å². The van der Waals surface area contributed by atoms with Crippen LogP contribution in [0.15, 0.2) is 16.9 Å². The first kappa shape index (κ1) is 11.7. The van der Waals surface area contributed by atoms with Crippen LogP contribution in [0.25, 0.3) is 10.9 Å². The summed E-state index contributed by atoms with van der Waals surface area (Å²) in [5.74, 6) is 1.60. The second kappa shape index (κ2) is 4.63. The van der Waals surface area contributed by atoms with Crippen LogP contribution in [0, 0.1) is 0 Å². The molecule has 0 aliphatic heterocycles. The van der Waals surface area contributed by atoms with Gasteiger partial charge in [0.15, 0.2) is 11.5 Å². The molecule has 6 heteroatoms. The van der Waals surface area contributed by atoms with Crippen molar-refractivity contribution in [3.8, 4) is 11.5 Å². The van der Waals surface area contributed by atoms with Crippen LogP contribution in [0.4, 0.5) is 0 Å². The van der Waals surface area contributed by atoms with Gasteiger partial charge in [0, 0.05) is 6.07 Å². The zero-order chi connectivity index (χ0) is 12.4. The highest BCUT2D eigenvalue weighted by Crippen LogP contribution is 2.29. The largest absolute Gasteiger partial charge is 0.493 e. The average molecular weight is 255 g/mol. The lowest BCUT2D eigenvalue weighted by Crippen LogP contribution is -2.11. The lowest BCUT2D eigenvalue weighted by molar-refractivity contribution is 0.355. The molecule has 2 aromatic rings. The van der Waals surface area contributed by atoms with E-state index in [1.807, 2.05) is 0 Å². The lowest BCUT2D eigenvalue weighted by Gasteiger charge is -2.08. The van der Waals surface area contributed by atoms with Crippen LogP contribution in [0.5, 0.6) is 11.5 Å². The highest BCUT2D eigenvalue weighted by molar-refractivity contribution is 6.16. The van der Waals surface area contributed by atoms with E-state index in [4.69, 9.17) is 21.1 Å². The van der Waals surface area contributed by atoms with Crippen LogP contribution < -0.4 is 15.0 Å². The summed E-state index contributed by atoms with van der Waals surface area (Å²) in [4.78, 5) is 18.6. The standard InChI is InChI=1S/C11H11ClN2O3/c1-16-8-3-6-7(4-9(8)17-2)13-10(5-12)14-11(6)15/h3-4H,5H2,1-2H3,(H,13,14,15). The Morgan fingerprint density at radius 2 is 1.94 bits per heavy atom. The second-order valence-corrected chi connectivity index (χ2v) is 3.64. The van der Waals surface area contributed by atoms with Crippen molar-refractivity contribution in [3.63, 3.8) is 0 Å². The van der Waals surface area contributed by atoms with Crippen molar-refractivity contribution < 1.29 is 9.47 Å². The molecule has 1 aromatic heterocycles. The fourth-order valence-electron chi connectivity index (χ4n) is 1.58. The number of hydrogen-bond acceptors (Lipinski definition) is 4. The van der Waals surface area contributed by atoms with E-state index >= 15 is 0 Å². The van der Waals surface area contributed by atoms with Gasteiger partial charge >= 0.3 is 0 Å². The van der Waals surface area contributed by atoms with E-state index < -0.39 is 0 Å². The number of rotatable bonds is 3. The van der Waals surface area contributed by atoms with Crippen molar-refractivity contribution >= 4 is 22.5 Å². The third kappa shape index (κ3) is 2.06. The van der Waals surface area contributed by atoms with Crippen molar-refractivity contribution in [1.29, 1.82) is 0 Å². The van der Waals surface area contributed by atoms with E-state index in [1.54, 1.807) is 12.1 Å². The van der Waals surface area contributed by atoms with Crippen LogP contribution in [-0.4, -0.2) is 24.2 Å². The third-order valence-electron chi connectivity index (χ3n) is 2.39. The number of alkyl halides is 1. The van der Waals surface area contributed by atoms with Crippen molar-refractivity contribution in [2.45, 2.75) is 5.88 Å². The molecular weight excluding hydrogens is 244 g/mol. The molecule has 5 nitrogen and oxygen atoms in total. The molecule has 0 bridgehead atoms. The molecule has 2 rings (SSSR count). The van der Waals surface area contributed by atoms with E-state index in [1.165, 1.54) is 14.2 Å². The number of hydrogen-bond donors (Lipinski definition) is 1. The monoisotopic (exact) mass is 254 g/mol. The first-order valence-corrected chi connectivity index (χ1v) is 5.44.